The average Bonchev–Trinajstić information content (AvgIpc) is 2.29. The Kier molecular flexibility index (Phi) is 5.29. The molecule has 18 heavy (non-hydrogen) atoms. The zero-order chi connectivity index (χ0) is 13.9. The number of carbonyl (C=O) groups excluding carboxylic acids is 1. The van der Waals surface area contributed by atoms with Crippen molar-refractivity contribution in [2.24, 2.45) is 11.8 Å². The molecule has 2 N–H and O–H groups in total. The minimum Gasteiger partial charge on any atom is -0.393 e. The Hall–Kier alpha value is -0.930. The molecule has 1 aliphatic rings. The molecule has 0 aliphatic heterocycles. The van der Waals surface area contributed by atoms with Crippen LogP contribution in [0.1, 0.15) is 40.0 Å². The van der Waals surface area contributed by atoms with E-state index in [0.717, 1.165) is 24.0 Å². The Morgan fingerprint density at radius 1 is 1.50 bits per heavy atom. The number of Topliss-reactive ketones (excluding diaryl/α,β-unsaturated/α-hetero) is 1. The molecule has 0 heterocycles. The Morgan fingerprint density at radius 3 is 2.67 bits per heavy atom. The van der Waals surface area contributed by atoms with Gasteiger partial charge in [-0.1, -0.05) is 30.7 Å². The molecule has 0 saturated heterocycles. The van der Waals surface area contributed by atoms with E-state index in [1.807, 2.05) is 20.8 Å². The van der Waals surface area contributed by atoms with E-state index >= 15 is 0 Å². The molecule has 0 radical (unpaired) electrons. The van der Waals surface area contributed by atoms with Gasteiger partial charge in [0.2, 0.25) is 0 Å². The summed E-state index contributed by atoms with van der Waals surface area (Å²) in [6.07, 6.45) is 2.25. The van der Waals surface area contributed by atoms with Crippen molar-refractivity contribution in [2.45, 2.75) is 52.2 Å². The standard InChI is InChI=1S/C15H24O3/c1-9(2)7-14(17)15(18)11(4)13-8-12(16)6-5-10(13)3/h7,11-14,16-17H,3,5-6,8H2,1-2,4H3/t11-,12-,13-,14+/m0/s1. The Labute approximate surface area is 109 Å². The molecule has 0 unspecified atom stereocenters. The minimum absolute atomic E-state index is 0.0125. The molecule has 3 nitrogen and oxygen atoms in total. The van der Waals surface area contributed by atoms with Gasteiger partial charge >= 0.3 is 0 Å². The maximum absolute atomic E-state index is 12.1. The van der Waals surface area contributed by atoms with Crippen molar-refractivity contribution in [1.29, 1.82) is 0 Å². The largest absolute Gasteiger partial charge is 0.393 e. The van der Waals surface area contributed by atoms with Gasteiger partial charge < -0.3 is 10.2 Å². The molecule has 1 fully saturated rings. The molecule has 0 spiro atoms. The van der Waals surface area contributed by atoms with Crippen molar-refractivity contribution >= 4 is 5.78 Å². The molecule has 1 aliphatic carbocycles. The van der Waals surface area contributed by atoms with Gasteiger partial charge in [-0.2, -0.15) is 0 Å². The van der Waals surface area contributed by atoms with Crippen LogP contribution in [0.5, 0.6) is 0 Å². The highest BCUT2D eigenvalue weighted by Crippen LogP contribution is 2.34. The van der Waals surface area contributed by atoms with Gasteiger partial charge in [0.15, 0.2) is 5.78 Å². The fourth-order valence-electron chi connectivity index (χ4n) is 2.54. The van der Waals surface area contributed by atoms with Gasteiger partial charge in [-0.25, -0.2) is 0 Å². The molecule has 1 saturated carbocycles. The fraction of sp³-hybridized carbons (Fsp3) is 0.667. The summed E-state index contributed by atoms with van der Waals surface area (Å²) in [7, 11) is 0. The van der Waals surface area contributed by atoms with Gasteiger partial charge in [-0.3, -0.25) is 4.79 Å². The van der Waals surface area contributed by atoms with E-state index in [4.69, 9.17) is 0 Å². The lowest BCUT2D eigenvalue weighted by Gasteiger charge is -2.32. The summed E-state index contributed by atoms with van der Waals surface area (Å²) in [5.41, 5.74) is 1.94. The topological polar surface area (TPSA) is 57.5 Å². The third kappa shape index (κ3) is 3.79. The summed E-state index contributed by atoms with van der Waals surface area (Å²) < 4.78 is 0. The number of hydrogen-bond acceptors (Lipinski definition) is 3. The smallest absolute Gasteiger partial charge is 0.168 e. The van der Waals surface area contributed by atoms with Gasteiger partial charge in [-0.15, -0.1) is 0 Å². The molecule has 0 amide bonds. The SMILES string of the molecule is C=C1CC[C@H](O)C[C@@H]1[C@H](C)C(=O)[C@H](O)C=C(C)C. The van der Waals surface area contributed by atoms with Crippen molar-refractivity contribution in [2.75, 3.05) is 0 Å². The van der Waals surface area contributed by atoms with E-state index in [-0.39, 0.29) is 23.7 Å². The highest BCUT2D eigenvalue weighted by molar-refractivity contribution is 5.87. The van der Waals surface area contributed by atoms with Crippen LogP contribution in [-0.4, -0.2) is 28.2 Å². The van der Waals surface area contributed by atoms with Crippen LogP contribution < -0.4 is 0 Å². The van der Waals surface area contributed by atoms with E-state index in [1.165, 1.54) is 0 Å². The summed E-state index contributed by atoms with van der Waals surface area (Å²) in [5.74, 6) is -0.490. The first kappa shape index (κ1) is 15.1. The van der Waals surface area contributed by atoms with Gasteiger partial charge in [0, 0.05) is 5.92 Å². The normalized spacial score (nSPS) is 27.5. The molecule has 0 aromatic rings. The lowest BCUT2D eigenvalue weighted by molar-refractivity contribution is -0.130. The minimum atomic E-state index is -1.04. The number of aliphatic hydroxyl groups is 2. The highest BCUT2D eigenvalue weighted by atomic mass is 16.3. The first-order valence-corrected chi connectivity index (χ1v) is 6.55. The molecule has 1 rings (SSSR count). The number of carbonyl (C=O) groups is 1. The summed E-state index contributed by atoms with van der Waals surface area (Å²) in [6, 6.07) is 0. The lowest BCUT2D eigenvalue weighted by atomic mass is 9.74. The van der Waals surface area contributed by atoms with Crippen molar-refractivity contribution in [3.63, 3.8) is 0 Å². The third-order valence-corrected chi connectivity index (χ3v) is 3.68. The number of aliphatic hydroxyl groups excluding tert-OH is 2. The van der Waals surface area contributed by atoms with Crippen LogP contribution in [-0.2, 0) is 4.79 Å². The van der Waals surface area contributed by atoms with E-state index in [2.05, 4.69) is 6.58 Å². The van der Waals surface area contributed by atoms with Gasteiger partial charge in [-0.05, 0) is 39.0 Å². The van der Waals surface area contributed by atoms with Crippen LogP contribution in [0.25, 0.3) is 0 Å². The second kappa shape index (κ2) is 6.30. The zero-order valence-electron chi connectivity index (χ0n) is 11.5. The van der Waals surface area contributed by atoms with Gasteiger partial charge in [0.25, 0.3) is 0 Å². The number of ketones is 1. The van der Waals surface area contributed by atoms with Crippen molar-refractivity contribution < 1.29 is 15.0 Å². The second-order valence-corrected chi connectivity index (χ2v) is 5.57. The molecule has 102 valence electrons. The predicted molar refractivity (Wildman–Crippen MR) is 72.1 cm³/mol. The van der Waals surface area contributed by atoms with E-state index in [1.54, 1.807) is 6.08 Å². The summed E-state index contributed by atoms with van der Waals surface area (Å²) in [4.78, 5) is 12.1. The Morgan fingerprint density at radius 2 is 2.11 bits per heavy atom. The second-order valence-electron chi connectivity index (χ2n) is 5.57. The molecule has 0 bridgehead atoms. The van der Waals surface area contributed by atoms with E-state index in [9.17, 15) is 15.0 Å². The predicted octanol–water partition coefficient (Wildman–Crippen LogP) is 2.24. The lowest BCUT2D eigenvalue weighted by Crippen LogP contribution is -2.34. The van der Waals surface area contributed by atoms with Crippen LogP contribution in [0.15, 0.2) is 23.8 Å². The van der Waals surface area contributed by atoms with Crippen molar-refractivity contribution in [1.82, 2.24) is 0 Å². The molecular weight excluding hydrogens is 228 g/mol. The summed E-state index contributed by atoms with van der Waals surface area (Å²) >= 11 is 0. The van der Waals surface area contributed by atoms with E-state index in [0.29, 0.717) is 6.42 Å². The van der Waals surface area contributed by atoms with Crippen LogP contribution in [0, 0.1) is 11.8 Å². The Bertz CT molecular complexity index is 353. The number of rotatable bonds is 4. The molecule has 0 aromatic heterocycles. The first-order chi connectivity index (χ1) is 8.32. The third-order valence-electron chi connectivity index (χ3n) is 3.68. The first-order valence-electron chi connectivity index (χ1n) is 6.55. The quantitative estimate of drug-likeness (QED) is 0.754. The van der Waals surface area contributed by atoms with E-state index < -0.39 is 6.10 Å². The van der Waals surface area contributed by atoms with Crippen LogP contribution in [0.2, 0.25) is 0 Å². The fourth-order valence-corrected chi connectivity index (χ4v) is 2.54. The maximum Gasteiger partial charge on any atom is 0.168 e. The van der Waals surface area contributed by atoms with Crippen LogP contribution in [0.3, 0.4) is 0 Å². The van der Waals surface area contributed by atoms with Gasteiger partial charge in [0.05, 0.1) is 6.10 Å². The maximum atomic E-state index is 12.1. The van der Waals surface area contributed by atoms with Gasteiger partial charge in [0.1, 0.15) is 6.10 Å². The van der Waals surface area contributed by atoms with Crippen LogP contribution in [0.4, 0.5) is 0 Å². The highest BCUT2D eigenvalue weighted by Gasteiger charge is 2.33. The van der Waals surface area contributed by atoms with Crippen LogP contribution >= 0.6 is 0 Å². The average molecular weight is 252 g/mol. The molecule has 0 aromatic carbocycles. The summed E-state index contributed by atoms with van der Waals surface area (Å²) in [6.45, 7) is 9.51. The molecular formula is C15H24O3. The number of allylic oxidation sites excluding steroid dienone is 2. The number of hydrogen-bond donors (Lipinski definition) is 2. The Balaban J connectivity index is 2.73. The molecule has 3 heteroatoms. The van der Waals surface area contributed by atoms with Crippen molar-refractivity contribution in [3.8, 4) is 0 Å². The zero-order valence-corrected chi connectivity index (χ0v) is 11.5. The van der Waals surface area contributed by atoms with Crippen molar-refractivity contribution in [3.05, 3.63) is 23.8 Å². The monoisotopic (exact) mass is 252 g/mol. The summed E-state index contributed by atoms with van der Waals surface area (Å²) in [5, 5.41) is 19.5. The molecule has 4 atom stereocenters.